The maximum atomic E-state index is 11.9. The van der Waals surface area contributed by atoms with E-state index in [9.17, 15) is 8.42 Å². The second kappa shape index (κ2) is 43.9. The topological polar surface area (TPSA) is 76.7 Å². The van der Waals surface area contributed by atoms with Crippen LogP contribution in [-0.4, -0.2) is 49.2 Å². The fourth-order valence-corrected chi connectivity index (χ4v) is 3.38. The van der Waals surface area contributed by atoms with Gasteiger partial charge in [-0.05, 0) is 0 Å². The van der Waals surface area contributed by atoms with Gasteiger partial charge < -0.3 is 28.7 Å². The molecule has 1 aromatic rings. The Morgan fingerprint density at radius 2 is 1.29 bits per heavy atom. The summed E-state index contributed by atoms with van der Waals surface area (Å²) in [7, 11) is -1.02. The molecule has 0 aliphatic rings. The van der Waals surface area contributed by atoms with Crippen molar-refractivity contribution >= 4 is 19.6 Å². The third-order valence-corrected chi connectivity index (χ3v) is 6.50. The van der Waals surface area contributed by atoms with E-state index in [0.29, 0.717) is 24.3 Å². The average Bonchev–Trinajstić information content (AvgIpc) is 3.14. The SMILES string of the molecule is C.CC.CC.[Ar].[Ar].[CH2-]CCS(=O)(=NC)n1ccnc1.[CH2-]CCS(C)(=O)=NC.[CH3-].[CH3-].[Y].[Y]. The minimum absolute atomic E-state index is 0. The Morgan fingerprint density at radius 1 is 0.903 bits per heavy atom. The predicted octanol–water partition coefficient (Wildman–Crippen LogP) is 5.49. The van der Waals surface area contributed by atoms with Gasteiger partial charge in [0.25, 0.3) is 0 Å². The molecule has 6 nitrogen and oxygen atoms in total. The summed E-state index contributed by atoms with van der Waals surface area (Å²) in [5.41, 5.74) is 0. The van der Waals surface area contributed by atoms with Crippen molar-refractivity contribution in [2.24, 2.45) is 8.73 Å². The Hall–Kier alpha value is 3.84. The maximum Gasteiger partial charge on any atom is 0.133 e. The third-order valence-electron chi connectivity index (χ3n) is 2.41. The number of hydrogen-bond donors (Lipinski definition) is 0. The van der Waals surface area contributed by atoms with Crippen LogP contribution in [0.1, 0.15) is 48.0 Å². The van der Waals surface area contributed by atoms with Crippen LogP contribution in [0, 0.1) is 104 Å². The molecule has 0 amide bonds. The van der Waals surface area contributed by atoms with Crippen molar-refractivity contribution in [1.82, 2.24) is 8.96 Å². The predicted molar refractivity (Wildman–Crippen MR) is 128 cm³/mol. The van der Waals surface area contributed by atoms with Gasteiger partial charge in [-0.1, -0.05) is 35.1 Å². The Morgan fingerprint density at radius 3 is 1.48 bits per heavy atom. The van der Waals surface area contributed by atoms with Crippen LogP contribution in [0.4, 0.5) is 0 Å². The molecule has 2 atom stereocenters. The van der Waals surface area contributed by atoms with E-state index in [4.69, 9.17) is 0 Å². The standard InChI is InChI=1S/C7H12N3OS.C5H12NOS.2C2H6.CH4.2CH3.2Ar.2Y/c1-3-6-12(11,8-2)10-5-4-9-7-10;1-4-5-8(3,7)6-2;2*1-2;;;;;;;/h4-5,7H,1,3,6H2,2H3;1,4-5H2,2-3H3;2*1-2H3;1H4;2*1H3;;;;/q2*-1;;;;2*-1;;;;. The van der Waals surface area contributed by atoms with E-state index in [1.165, 1.54) is 10.3 Å². The molecule has 1 aromatic heterocycles. The van der Waals surface area contributed by atoms with Gasteiger partial charge in [0.1, 0.15) is 16.2 Å². The Labute approximate surface area is 308 Å². The minimum atomic E-state index is -2.30. The van der Waals surface area contributed by atoms with Crippen molar-refractivity contribution in [3.63, 3.8) is 0 Å². The van der Waals surface area contributed by atoms with Crippen molar-refractivity contribution in [2.45, 2.75) is 48.0 Å². The average molecular weight is 684 g/mol. The zero-order valence-corrected chi connectivity index (χ0v) is 29.0. The number of hydrogen-bond acceptors (Lipinski definition) is 5. The van der Waals surface area contributed by atoms with E-state index >= 15 is 0 Å². The largest absolute Gasteiger partial charge is 0.358 e. The second-order valence-corrected chi connectivity index (χ2v) is 9.07. The van der Waals surface area contributed by atoms with Crippen molar-refractivity contribution in [2.75, 3.05) is 31.9 Å². The van der Waals surface area contributed by atoms with Crippen molar-refractivity contribution < 1.29 is 149 Å². The van der Waals surface area contributed by atoms with E-state index < -0.39 is 19.6 Å². The first-order valence-corrected chi connectivity index (χ1v) is 11.9. The molecule has 12 heteroatoms. The quantitative estimate of drug-likeness (QED) is 0.386. The summed E-state index contributed by atoms with van der Waals surface area (Å²) in [5, 5.41) is 0. The van der Waals surface area contributed by atoms with Gasteiger partial charge in [0.2, 0.25) is 0 Å². The number of imidazole rings is 1. The number of rotatable bonds is 5. The van der Waals surface area contributed by atoms with Gasteiger partial charge in [0.15, 0.2) is 0 Å². The first kappa shape index (κ1) is 64.7. The first-order chi connectivity index (χ1) is 11.3. The zero-order chi connectivity index (χ0) is 19.6. The molecule has 31 heavy (non-hydrogen) atoms. The van der Waals surface area contributed by atoms with Crippen molar-refractivity contribution in [1.29, 1.82) is 0 Å². The summed E-state index contributed by atoms with van der Waals surface area (Å²) in [6.45, 7) is 15.2. The fraction of sp³-hybridized carbons (Fsp3) is 0.632. The monoisotopic (exact) mass is 684 g/mol. The van der Waals surface area contributed by atoms with E-state index in [0.717, 1.165) is 0 Å². The van der Waals surface area contributed by atoms with Gasteiger partial charge >= 0.3 is 0 Å². The summed E-state index contributed by atoms with van der Waals surface area (Å²) in [4.78, 5) is 3.82. The molecule has 0 aromatic carbocycles. The molecule has 0 aliphatic carbocycles. The summed E-state index contributed by atoms with van der Waals surface area (Å²) >= 11 is 0. The number of nitrogens with zero attached hydrogens (tertiary/aromatic N) is 4. The fourth-order valence-electron chi connectivity index (χ4n) is 1.25. The molecular formula is C19H46Ar2N4O2S2Y2-4. The number of aromatic nitrogens is 2. The molecule has 0 spiro atoms. The van der Waals surface area contributed by atoms with Gasteiger partial charge in [0, 0.05) is 195 Å². The summed E-state index contributed by atoms with van der Waals surface area (Å²) in [5.74, 6) is 1.09. The Kier molecular flexibility index (Phi) is 91.5. The van der Waals surface area contributed by atoms with Gasteiger partial charge in [-0.3, -0.25) is 4.21 Å². The molecule has 0 N–H and O–H groups in total. The molecule has 1 rings (SSSR count). The molecular weight excluding hydrogens is 638 g/mol. The van der Waals surface area contributed by atoms with Crippen LogP contribution < -0.4 is 0 Å². The molecule has 0 aliphatic heterocycles. The second-order valence-electron chi connectivity index (χ2n) is 3.97. The molecule has 0 saturated carbocycles. The van der Waals surface area contributed by atoms with Crippen LogP contribution in [-0.2, 0) is 85.1 Å². The Bertz CT molecular complexity index is 618. The minimum Gasteiger partial charge on any atom is -0.358 e. The molecule has 0 bridgehead atoms. The van der Waals surface area contributed by atoms with Crippen LogP contribution in [0.15, 0.2) is 27.4 Å². The van der Waals surface area contributed by atoms with E-state index in [2.05, 4.69) is 27.6 Å². The van der Waals surface area contributed by atoms with Gasteiger partial charge in [-0.25, -0.2) is 21.9 Å². The first-order valence-electron chi connectivity index (χ1n) is 8.13. The van der Waals surface area contributed by atoms with Crippen LogP contribution in [0.2, 0.25) is 0 Å². The zero-order valence-electron chi connectivity index (χ0n) is 20.3. The summed E-state index contributed by atoms with van der Waals surface area (Å²) in [6, 6.07) is 0. The smallest absolute Gasteiger partial charge is 0.133 e. The van der Waals surface area contributed by atoms with E-state index in [-0.39, 0.29) is 163 Å². The molecule has 0 saturated heterocycles. The molecule has 0 fully saturated rings. The molecule has 1 heterocycles. The van der Waals surface area contributed by atoms with Crippen molar-refractivity contribution in [3.05, 3.63) is 47.4 Å². The van der Waals surface area contributed by atoms with Gasteiger partial charge in [0.05, 0.1) is 0 Å². The molecule has 2 unspecified atom stereocenters. The third kappa shape index (κ3) is 36.1. The van der Waals surface area contributed by atoms with Gasteiger partial charge in [-0.15, -0.1) is 0 Å². The van der Waals surface area contributed by atoms with Gasteiger partial charge in [-0.2, -0.15) is 12.8 Å². The normalized spacial score (nSPS) is 10.9. The van der Waals surface area contributed by atoms with Crippen LogP contribution in [0.25, 0.3) is 0 Å². The van der Waals surface area contributed by atoms with E-state index in [1.54, 1.807) is 32.7 Å². The van der Waals surface area contributed by atoms with Crippen LogP contribution >= 0.6 is 0 Å². The van der Waals surface area contributed by atoms with Crippen LogP contribution in [0.5, 0.6) is 0 Å². The molecule has 2 radical (unpaired) electrons. The van der Waals surface area contributed by atoms with Crippen LogP contribution in [0.3, 0.4) is 0 Å². The maximum absolute atomic E-state index is 11.9. The van der Waals surface area contributed by atoms with E-state index in [1.807, 2.05) is 27.7 Å². The summed E-state index contributed by atoms with van der Waals surface area (Å²) < 4.78 is 32.0. The summed E-state index contributed by atoms with van der Waals surface area (Å²) in [6.07, 6.45) is 7.73. The Balaban J connectivity index is -0.0000000264. The van der Waals surface area contributed by atoms with Crippen molar-refractivity contribution in [3.8, 4) is 0 Å². The molecule has 192 valence electrons.